The molecule has 0 saturated heterocycles. The molecule has 12 heteroatoms. The van der Waals surface area contributed by atoms with E-state index < -0.39 is 57.8 Å². The molecule has 0 radical (unpaired) electrons. The van der Waals surface area contributed by atoms with Crippen molar-refractivity contribution in [3.8, 4) is 0 Å². The van der Waals surface area contributed by atoms with E-state index in [1.807, 2.05) is 0 Å². The molecule has 0 amide bonds. The molecule has 0 aromatic heterocycles. The van der Waals surface area contributed by atoms with Gasteiger partial charge in [0.15, 0.2) is 6.10 Å². The van der Waals surface area contributed by atoms with Crippen LogP contribution in [0.2, 0.25) is 0 Å². The molecule has 0 bridgehead atoms. The Bertz CT molecular complexity index is 1510. The van der Waals surface area contributed by atoms with E-state index in [0.717, 1.165) is 96.3 Å². The van der Waals surface area contributed by atoms with Crippen LogP contribution in [0.4, 0.5) is 0 Å². The van der Waals surface area contributed by atoms with E-state index in [1.165, 1.54) is 135 Å². The van der Waals surface area contributed by atoms with Crippen molar-refractivity contribution in [2.24, 2.45) is 0 Å². The van der Waals surface area contributed by atoms with Gasteiger partial charge in [-0.1, -0.05) is 248 Å². The fraction of sp³-hybridized carbons (Fsp3) is 0.797. The topological polar surface area (TPSA) is 155 Å². The fourth-order valence-electron chi connectivity index (χ4n) is 8.70. The first kappa shape index (κ1) is 73.2. The zero-order valence-corrected chi connectivity index (χ0v) is 49.9. The zero-order valence-electron chi connectivity index (χ0n) is 49.0. The summed E-state index contributed by atoms with van der Waals surface area (Å²) >= 11 is 0. The number of aliphatic hydroxyl groups excluding tert-OH is 1. The summed E-state index contributed by atoms with van der Waals surface area (Å²) < 4.78 is 39.6. The SMILES string of the molecule is CC/C=C\C/C=C\C/C=C\CCCCCC(=O)OCC(COP(=O)(O)OCC(CO)OC(=O)CCCCCCCCC/C=C\C/C=C\CCCCC)OC(=O)CCCCCCCCCCCCCCCCCCCCC. The highest BCUT2D eigenvalue weighted by Crippen LogP contribution is 2.43. The summed E-state index contributed by atoms with van der Waals surface area (Å²) in [6.07, 6.45) is 64.6. The molecule has 2 N–H and O–H groups in total. The minimum absolute atomic E-state index is 0.164. The van der Waals surface area contributed by atoms with Crippen molar-refractivity contribution >= 4 is 25.7 Å². The van der Waals surface area contributed by atoms with Gasteiger partial charge in [0.25, 0.3) is 0 Å². The number of ether oxygens (including phenoxy) is 3. The molecule has 76 heavy (non-hydrogen) atoms. The minimum atomic E-state index is -4.76. The van der Waals surface area contributed by atoms with Crippen molar-refractivity contribution in [2.45, 2.75) is 303 Å². The van der Waals surface area contributed by atoms with E-state index >= 15 is 0 Å². The van der Waals surface area contributed by atoms with Crippen LogP contribution >= 0.6 is 7.82 Å². The Morgan fingerprint density at radius 2 is 0.684 bits per heavy atom. The van der Waals surface area contributed by atoms with Gasteiger partial charge in [0.1, 0.15) is 12.7 Å². The molecule has 3 unspecified atom stereocenters. The van der Waals surface area contributed by atoms with E-state index in [9.17, 15) is 28.9 Å². The van der Waals surface area contributed by atoms with Crippen molar-refractivity contribution in [2.75, 3.05) is 26.4 Å². The lowest BCUT2D eigenvalue weighted by Crippen LogP contribution is -2.30. The number of rotatable bonds is 58. The number of phosphoric ester groups is 1. The third kappa shape index (κ3) is 55.9. The summed E-state index contributed by atoms with van der Waals surface area (Å²) in [6.45, 7) is 4.51. The number of hydrogen-bond acceptors (Lipinski definition) is 10. The summed E-state index contributed by atoms with van der Waals surface area (Å²) in [7, 11) is -4.76. The minimum Gasteiger partial charge on any atom is -0.462 e. The second-order valence-corrected chi connectivity index (χ2v) is 22.3. The van der Waals surface area contributed by atoms with Crippen LogP contribution in [-0.4, -0.2) is 66.5 Å². The maximum Gasteiger partial charge on any atom is 0.472 e. The van der Waals surface area contributed by atoms with Crippen molar-refractivity contribution in [1.29, 1.82) is 0 Å². The van der Waals surface area contributed by atoms with Gasteiger partial charge in [-0.05, 0) is 83.5 Å². The first-order valence-corrected chi connectivity index (χ1v) is 32.7. The average Bonchev–Trinajstić information content (AvgIpc) is 3.41. The molecule has 0 aliphatic rings. The van der Waals surface area contributed by atoms with Gasteiger partial charge >= 0.3 is 25.7 Å². The van der Waals surface area contributed by atoms with Crippen LogP contribution in [0.15, 0.2) is 60.8 Å². The molecule has 0 aliphatic heterocycles. The number of esters is 3. The zero-order chi connectivity index (χ0) is 55.5. The van der Waals surface area contributed by atoms with Crippen LogP contribution in [0.5, 0.6) is 0 Å². The highest BCUT2D eigenvalue weighted by molar-refractivity contribution is 7.47. The fourth-order valence-corrected chi connectivity index (χ4v) is 9.48. The van der Waals surface area contributed by atoms with Gasteiger partial charge in [0, 0.05) is 19.3 Å². The van der Waals surface area contributed by atoms with Gasteiger partial charge in [-0.15, -0.1) is 0 Å². The third-order valence-electron chi connectivity index (χ3n) is 13.4. The molecule has 0 aliphatic carbocycles. The Balaban J connectivity index is 4.67. The monoisotopic (exact) mass is 1090 g/mol. The normalized spacial score (nSPS) is 13.7. The number of allylic oxidation sites excluding steroid dienone is 10. The summed E-state index contributed by atoms with van der Waals surface area (Å²) in [6, 6.07) is 0. The quantitative estimate of drug-likeness (QED) is 0.0197. The molecule has 442 valence electrons. The molecular weight excluding hydrogens is 976 g/mol. The smallest absolute Gasteiger partial charge is 0.462 e. The molecule has 0 aromatic carbocycles. The summed E-state index contributed by atoms with van der Waals surface area (Å²) in [5.74, 6) is -1.49. The lowest BCUT2D eigenvalue weighted by Gasteiger charge is -2.21. The Morgan fingerprint density at radius 3 is 1.09 bits per heavy atom. The first-order chi connectivity index (χ1) is 37.2. The number of carbonyl (C=O) groups is 3. The molecule has 0 aromatic rings. The lowest BCUT2D eigenvalue weighted by molar-refractivity contribution is -0.161. The summed E-state index contributed by atoms with van der Waals surface area (Å²) in [4.78, 5) is 48.6. The second-order valence-electron chi connectivity index (χ2n) is 20.8. The van der Waals surface area contributed by atoms with E-state index in [-0.39, 0.29) is 25.9 Å². The Kier molecular flexibility index (Phi) is 56.2. The van der Waals surface area contributed by atoms with Crippen LogP contribution < -0.4 is 0 Å². The number of carbonyl (C=O) groups excluding carboxylic acids is 3. The number of phosphoric acid groups is 1. The molecule has 11 nitrogen and oxygen atoms in total. The average molecular weight is 1090 g/mol. The Hall–Kier alpha value is -2.82. The van der Waals surface area contributed by atoms with E-state index in [0.29, 0.717) is 19.3 Å². The molecular formula is C64H115O11P. The molecule has 0 rings (SSSR count). The van der Waals surface area contributed by atoms with Crippen LogP contribution in [0.1, 0.15) is 290 Å². The maximum atomic E-state index is 12.9. The maximum absolute atomic E-state index is 12.9. The predicted octanol–water partition coefficient (Wildman–Crippen LogP) is 18.7. The molecule has 3 atom stereocenters. The standard InChI is InChI=1S/C64H115O11P/c1-4-7-10-13-16-19-22-25-27-29-30-32-34-37-40-43-46-49-52-55-64(68)75-61(57-71-62(66)53-50-47-44-41-38-35-24-21-18-15-12-9-6-3)59-73-76(69,70)72-58-60(56-65)74-63(67)54-51-48-45-42-39-36-33-31-28-26-23-20-17-14-11-8-5-2/h9,12,17-18,20-21,26,28,35,38,60-61,65H,4-8,10-11,13-16,19,22-25,27,29-34,36-37,39-59H2,1-3H3,(H,69,70)/b12-9-,20-17-,21-18-,28-26-,38-35-. The van der Waals surface area contributed by atoms with Crippen molar-refractivity contribution in [1.82, 2.24) is 0 Å². The van der Waals surface area contributed by atoms with Crippen LogP contribution in [0, 0.1) is 0 Å². The van der Waals surface area contributed by atoms with Crippen LogP contribution in [0.25, 0.3) is 0 Å². The van der Waals surface area contributed by atoms with Crippen molar-refractivity contribution in [3.05, 3.63) is 60.8 Å². The number of unbranched alkanes of at least 4 members (excludes halogenated alkanes) is 31. The highest BCUT2D eigenvalue weighted by atomic mass is 31.2. The number of hydrogen-bond donors (Lipinski definition) is 2. The van der Waals surface area contributed by atoms with Crippen LogP contribution in [-0.2, 0) is 42.2 Å². The Morgan fingerprint density at radius 1 is 0.382 bits per heavy atom. The second kappa shape index (κ2) is 58.3. The van der Waals surface area contributed by atoms with Crippen molar-refractivity contribution in [3.63, 3.8) is 0 Å². The van der Waals surface area contributed by atoms with Gasteiger partial charge in [0.2, 0.25) is 0 Å². The van der Waals surface area contributed by atoms with Gasteiger partial charge < -0.3 is 24.2 Å². The first-order valence-electron chi connectivity index (χ1n) is 31.2. The molecule has 0 heterocycles. The van der Waals surface area contributed by atoms with Crippen molar-refractivity contribution < 1.29 is 52.2 Å². The van der Waals surface area contributed by atoms with E-state index in [2.05, 4.69) is 81.5 Å². The molecule has 0 spiro atoms. The summed E-state index contributed by atoms with van der Waals surface area (Å²) in [5, 5.41) is 9.84. The largest absolute Gasteiger partial charge is 0.472 e. The summed E-state index contributed by atoms with van der Waals surface area (Å²) in [5.41, 5.74) is 0. The van der Waals surface area contributed by atoms with E-state index in [4.69, 9.17) is 23.3 Å². The van der Waals surface area contributed by atoms with Gasteiger partial charge in [-0.2, -0.15) is 0 Å². The predicted molar refractivity (Wildman–Crippen MR) is 316 cm³/mol. The van der Waals surface area contributed by atoms with Crippen LogP contribution in [0.3, 0.4) is 0 Å². The lowest BCUT2D eigenvalue weighted by atomic mass is 10.0. The number of aliphatic hydroxyl groups is 1. The van der Waals surface area contributed by atoms with Gasteiger partial charge in [0.05, 0.1) is 19.8 Å². The Labute approximate surface area is 465 Å². The van der Waals surface area contributed by atoms with Gasteiger partial charge in [-0.3, -0.25) is 23.4 Å². The van der Waals surface area contributed by atoms with Gasteiger partial charge in [-0.25, -0.2) is 4.57 Å². The van der Waals surface area contributed by atoms with E-state index in [1.54, 1.807) is 0 Å². The molecule has 0 fully saturated rings. The molecule has 0 saturated carbocycles. The third-order valence-corrected chi connectivity index (χ3v) is 14.4. The highest BCUT2D eigenvalue weighted by Gasteiger charge is 2.28.